The zero-order valence-electron chi connectivity index (χ0n) is 18.2. The molecule has 0 aliphatic carbocycles. The van der Waals surface area contributed by atoms with Crippen LogP contribution in [0, 0.1) is 11.3 Å². The number of nitrogens with one attached hydrogen (secondary N) is 2. The van der Waals surface area contributed by atoms with Crippen molar-refractivity contribution in [3.63, 3.8) is 0 Å². The van der Waals surface area contributed by atoms with Crippen LogP contribution in [0.2, 0.25) is 0 Å². The highest BCUT2D eigenvalue weighted by Crippen LogP contribution is 2.22. The van der Waals surface area contributed by atoms with Crippen LogP contribution < -0.4 is 21.8 Å². The van der Waals surface area contributed by atoms with Gasteiger partial charge >= 0.3 is 0 Å². The molecule has 1 atom stereocenters. The first kappa shape index (κ1) is 22.7. The number of rotatable bonds is 6. The quantitative estimate of drug-likeness (QED) is 0.323. The molecule has 0 bridgehead atoms. The normalized spacial score (nSPS) is 12.1. The highest BCUT2D eigenvalue weighted by molar-refractivity contribution is 6.00. The molecule has 0 saturated carbocycles. The van der Waals surface area contributed by atoms with E-state index < -0.39 is 0 Å². The van der Waals surface area contributed by atoms with Crippen LogP contribution in [0.15, 0.2) is 77.2 Å². The number of allylic oxidation sites excluding steroid dienone is 1. The van der Waals surface area contributed by atoms with Gasteiger partial charge in [-0.2, -0.15) is 5.26 Å². The summed E-state index contributed by atoms with van der Waals surface area (Å²) in [4.78, 5) is 23.2. The molecule has 0 aromatic heterocycles. The lowest BCUT2D eigenvalue weighted by molar-refractivity contribution is -0.118. The summed E-state index contributed by atoms with van der Waals surface area (Å²) < 4.78 is 0. The van der Waals surface area contributed by atoms with Gasteiger partial charge in [-0.3, -0.25) is 9.59 Å². The van der Waals surface area contributed by atoms with Gasteiger partial charge in [0.1, 0.15) is 6.54 Å². The number of nitrogens with two attached hydrogens (primary N) is 1. The van der Waals surface area contributed by atoms with E-state index in [1.807, 2.05) is 31.2 Å². The van der Waals surface area contributed by atoms with Gasteiger partial charge in [0.2, 0.25) is 0 Å². The fourth-order valence-electron chi connectivity index (χ4n) is 3.52. The molecule has 32 heavy (non-hydrogen) atoms. The Hall–Kier alpha value is -3.95. The molecule has 4 N–H and O–H groups in total. The van der Waals surface area contributed by atoms with Crippen LogP contribution in [0.3, 0.4) is 0 Å². The highest BCUT2D eigenvalue weighted by Gasteiger charge is 2.16. The third-order valence-corrected chi connectivity index (χ3v) is 5.20. The number of hydrogen-bond donors (Lipinski definition) is 3. The molecule has 0 heterocycles. The van der Waals surface area contributed by atoms with Crippen molar-refractivity contribution in [2.24, 2.45) is 5.73 Å². The van der Waals surface area contributed by atoms with E-state index in [0.717, 1.165) is 16.3 Å². The van der Waals surface area contributed by atoms with Crippen LogP contribution in [0.4, 0.5) is 0 Å². The molecule has 0 aliphatic rings. The van der Waals surface area contributed by atoms with Gasteiger partial charge in [0, 0.05) is 23.4 Å². The molecular weight excluding hydrogens is 400 g/mol. The Balaban J connectivity index is 0.000000193. The van der Waals surface area contributed by atoms with E-state index in [1.165, 1.54) is 16.3 Å². The van der Waals surface area contributed by atoms with Gasteiger partial charge in [0.05, 0.1) is 11.8 Å². The summed E-state index contributed by atoms with van der Waals surface area (Å²) in [7, 11) is 0. The fourth-order valence-corrected chi connectivity index (χ4v) is 3.52. The number of carbonyl (C=O) groups excluding carboxylic acids is 1. The second-order valence-corrected chi connectivity index (χ2v) is 7.42. The second-order valence-electron chi connectivity index (χ2n) is 7.42. The molecule has 0 fully saturated rings. The molecule has 162 valence electrons. The van der Waals surface area contributed by atoms with Crippen molar-refractivity contribution in [3.8, 4) is 6.07 Å². The molecule has 4 aromatic rings. The molecule has 0 aliphatic heterocycles. The Morgan fingerprint density at radius 2 is 1.75 bits per heavy atom. The molecule has 6 nitrogen and oxygen atoms in total. The Morgan fingerprint density at radius 3 is 2.47 bits per heavy atom. The molecular formula is C26H26N4O2. The van der Waals surface area contributed by atoms with E-state index >= 15 is 0 Å². The summed E-state index contributed by atoms with van der Waals surface area (Å²) >= 11 is 0. The fraction of sp³-hybridized carbons (Fsp3) is 0.192. The lowest BCUT2D eigenvalue weighted by Gasteiger charge is -2.09. The van der Waals surface area contributed by atoms with E-state index in [0.29, 0.717) is 12.2 Å². The average molecular weight is 427 g/mol. The zero-order valence-corrected chi connectivity index (χ0v) is 18.2. The number of carbonyl (C=O) groups is 1. The summed E-state index contributed by atoms with van der Waals surface area (Å²) in [6, 6.07) is 22.0. The number of benzene rings is 3. The molecule has 1 unspecified atom stereocenters. The largest absolute Gasteiger partial charge is 0.368 e. The Kier molecular flexibility index (Phi) is 7.37. The van der Waals surface area contributed by atoms with Crippen LogP contribution >= 0.6 is 0 Å². The van der Waals surface area contributed by atoms with Crippen molar-refractivity contribution in [1.82, 2.24) is 10.6 Å². The third kappa shape index (κ3) is 5.20. The van der Waals surface area contributed by atoms with Gasteiger partial charge in [0.15, 0.2) is 5.43 Å². The lowest BCUT2D eigenvalue weighted by Crippen LogP contribution is -2.31. The van der Waals surface area contributed by atoms with E-state index in [9.17, 15) is 9.59 Å². The second kappa shape index (κ2) is 10.4. The Labute approximate surface area is 187 Å². The maximum absolute atomic E-state index is 11.8. The first-order valence-corrected chi connectivity index (χ1v) is 10.4. The minimum absolute atomic E-state index is 0.0584. The van der Waals surface area contributed by atoms with E-state index in [-0.39, 0.29) is 23.9 Å². The van der Waals surface area contributed by atoms with Crippen LogP contribution in [0.25, 0.3) is 21.5 Å². The van der Waals surface area contributed by atoms with Crippen molar-refractivity contribution in [1.29, 1.82) is 5.26 Å². The van der Waals surface area contributed by atoms with Crippen LogP contribution in [-0.2, 0) is 11.3 Å². The summed E-state index contributed by atoms with van der Waals surface area (Å²) in [5.41, 5.74) is 8.34. The summed E-state index contributed by atoms with van der Waals surface area (Å²) in [6.45, 7) is 4.11. The zero-order chi connectivity index (χ0) is 23.1. The third-order valence-electron chi connectivity index (χ3n) is 5.20. The molecule has 0 radical (unpaired) electrons. The van der Waals surface area contributed by atoms with E-state index in [4.69, 9.17) is 11.0 Å². The first-order valence-electron chi connectivity index (χ1n) is 10.4. The standard InChI is InChI=1S/C14H13N3O2.C12H13N/c1-2-11(16-7-6-15)14(19)17-8-9-4-3-5-10-12(9)13(10)18;1-9(13)11-8-4-6-10-5-2-3-7-12(10)11/h2-5,16H,7-8H2,1H3,(H,17,19);2-9H,13H2,1H3/b11-2+;. The molecule has 0 saturated heterocycles. The van der Waals surface area contributed by atoms with Crippen molar-refractivity contribution in [3.05, 3.63) is 93.8 Å². The number of nitrogens with zero attached hydrogens (tertiary/aromatic N) is 1. The predicted octanol–water partition coefficient (Wildman–Crippen LogP) is 3.57. The summed E-state index contributed by atoms with van der Waals surface area (Å²) in [5, 5.41) is 17.9. The molecule has 0 spiro atoms. The SMILES string of the molecule is C/C=C(/NCC#N)C(=O)NCc1cccc2c(=O)c12.CC(N)c1cccc2ccccc12. The highest BCUT2D eigenvalue weighted by atomic mass is 16.2. The molecule has 4 aromatic carbocycles. The Morgan fingerprint density at radius 1 is 1.06 bits per heavy atom. The minimum Gasteiger partial charge on any atom is -0.368 e. The average Bonchev–Trinajstić information content (AvgIpc) is 3.48. The van der Waals surface area contributed by atoms with Crippen molar-refractivity contribution < 1.29 is 4.79 Å². The molecule has 1 amide bonds. The smallest absolute Gasteiger partial charge is 0.267 e. The lowest BCUT2D eigenvalue weighted by atomic mass is 10.0. The van der Waals surface area contributed by atoms with Crippen LogP contribution in [-0.4, -0.2) is 12.5 Å². The Bertz CT molecular complexity index is 1320. The maximum Gasteiger partial charge on any atom is 0.267 e. The molecule has 4 rings (SSSR count). The topological polar surface area (TPSA) is 108 Å². The molecule has 6 heteroatoms. The van der Waals surface area contributed by atoms with Crippen LogP contribution in [0.5, 0.6) is 0 Å². The van der Waals surface area contributed by atoms with Crippen molar-refractivity contribution in [2.75, 3.05) is 6.54 Å². The van der Waals surface area contributed by atoms with Gasteiger partial charge < -0.3 is 16.4 Å². The first-order chi connectivity index (χ1) is 15.5. The van der Waals surface area contributed by atoms with Gasteiger partial charge in [-0.25, -0.2) is 0 Å². The van der Waals surface area contributed by atoms with Gasteiger partial charge in [-0.1, -0.05) is 66.7 Å². The number of fused-ring (bicyclic) bond motifs is 2. The number of amides is 1. The monoisotopic (exact) mass is 426 g/mol. The van der Waals surface area contributed by atoms with Gasteiger partial charge in [0.25, 0.3) is 5.91 Å². The van der Waals surface area contributed by atoms with Crippen molar-refractivity contribution >= 4 is 27.5 Å². The van der Waals surface area contributed by atoms with Gasteiger partial charge in [-0.05, 0) is 35.7 Å². The van der Waals surface area contributed by atoms with E-state index in [1.54, 1.807) is 25.1 Å². The van der Waals surface area contributed by atoms with Gasteiger partial charge in [-0.15, -0.1) is 0 Å². The van der Waals surface area contributed by atoms with Crippen molar-refractivity contribution in [2.45, 2.75) is 26.4 Å². The minimum atomic E-state index is -0.288. The predicted molar refractivity (Wildman–Crippen MR) is 128 cm³/mol. The number of hydrogen-bond acceptors (Lipinski definition) is 5. The summed E-state index contributed by atoms with van der Waals surface area (Å²) in [5.74, 6) is -0.288. The van der Waals surface area contributed by atoms with E-state index in [2.05, 4.69) is 41.0 Å². The summed E-state index contributed by atoms with van der Waals surface area (Å²) in [6.07, 6.45) is 1.61. The van der Waals surface area contributed by atoms with Crippen LogP contribution in [0.1, 0.15) is 31.0 Å². The maximum atomic E-state index is 11.8. The number of nitriles is 1.